The summed E-state index contributed by atoms with van der Waals surface area (Å²) in [4.78, 5) is 5.60. The Labute approximate surface area is 173 Å². The second kappa shape index (κ2) is 13.0. The molecule has 9 heteroatoms. The zero-order chi connectivity index (χ0) is 20.1. The number of aliphatic imine (C=N–C) groups is 1. The van der Waals surface area contributed by atoms with Crippen LogP contribution in [0.25, 0.3) is 0 Å². The van der Waals surface area contributed by atoms with Crippen molar-refractivity contribution < 1.29 is 13.2 Å². The molecule has 7 nitrogen and oxygen atoms in total. The van der Waals surface area contributed by atoms with Crippen LogP contribution in [0.3, 0.4) is 0 Å². The molecule has 28 heavy (non-hydrogen) atoms. The average Bonchev–Trinajstić information content (AvgIpc) is 2.71. The van der Waals surface area contributed by atoms with Gasteiger partial charge in [0.2, 0.25) is 10.0 Å². The second-order valence-electron chi connectivity index (χ2n) is 6.50. The Morgan fingerprint density at radius 2 is 2.07 bits per heavy atom. The number of rotatable bonds is 11. The monoisotopic (exact) mass is 428 g/mol. The van der Waals surface area contributed by atoms with Crippen LogP contribution in [0.2, 0.25) is 0 Å². The van der Waals surface area contributed by atoms with E-state index in [0.29, 0.717) is 12.5 Å². The Balaban J connectivity index is 1.68. The molecule has 1 fully saturated rings. The molecule has 0 saturated carbocycles. The molecule has 0 spiro atoms. The zero-order valence-electron chi connectivity index (χ0n) is 16.5. The van der Waals surface area contributed by atoms with E-state index in [1.165, 1.54) is 4.90 Å². The molecule has 1 aromatic rings. The van der Waals surface area contributed by atoms with Crippen molar-refractivity contribution in [1.82, 2.24) is 15.4 Å². The van der Waals surface area contributed by atoms with E-state index in [-0.39, 0.29) is 18.4 Å². The number of benzene rings is 1. The summed E-state index contributed by atoms with van der Waals surface area (Å²) in [5, 5.41) is 6.39. The van der Waals surface area contributed by atoms with Crippen molar-refractivity contribution in [1.29, 1.82) is 0 Å². The molecular formula is C19H32N4O3S2. The van der Waals surface area contributed by atoms with Crippen molar-refractivity contribution in [3.63, 3.8) is 0 Å². The first-order valence-corrected chi connectivity index (χ1v) is 12.5. The van der Waals surface area contributed by atoms with E-state index in [1.807, 2.05) is 25.1 Å². The van der Waals surface area contributed by atoms with E-state index in [9.17, 15) is 8.42 Å². The summed E-state index contributed by atoms with van der Waals surface area (Å²) >= 11 is 1.77. The molecule has 158 valence electrons. The lowest BCUT2D eigenvalue weighted by Crippen LogP contribution is -2.39. The molecule has 1 aliphatic rings. The molecule has 1 saturated heterocycles. The van der Waals surface area contributed by atoms with Gasteiger partial charge in [0.25, 0.3) is 0 Å². The number of hydrogen-bond donors (Lipinski definition) is 3. The summed E-state index contributed by atoms with van der Waals surface area (Å²) in [7, 11) is -3.35. The van der Waals surface area contributed by atoms with Gasteiger partial charge in [0.05, 0.1) is 18.4 Å². The van der Waals surface area contributed by atoms with Crippen LogP contribution in [0.5, 0.6) is 0 Å². The van der Waals surface area contributed by atoms with Crippen LogP contribution < -0.4 is 15.4 Å². The molecule has 0 aromatic heterocycles. The highest BCUT2D eigenvalue weighted by Crippen LogP contribution is 2.15. The van der Waals surface area contributed by atoms with E-state index < -0.39 is 10.0 Å². The molecule has 0 radical (unpaired) electrons. The van der Waals surface area contributed by atoms with Gasteiger partial charge < -0.3 is 15.4 Å². The fourth-order valence-electron chi connectivity index (χ4n) is 2.73. The molecule has 2 rings (SSSR count). The molecule has 1 aromatic carbocycles. The lowest BCUT2D eigenvalue weighted by molar-refractivity contribution is 0.0200. The van der Waals surface area contributed by atoms with Crippen molar-refractivity contribution in [2.24, 2.45) is 4.99 Å². The van der Waals surface area contributed by atoms with Crippen LogP contribution in [0.4, 0.5) is 0 Å². The van der Waals surface area contributed by atoms with Crippen molar-refractivity contribution >= 4 is 27.7 Å². The highest BCUT2D eigenvalue weighted by atomic mass is 32.2. The third-order valence-corrected chi connectivity index (χ3v) is 6.53. The summed E-state index contributed by atoms with van der Waals surface area (Å²) in [6.45, 7) is 4.73. The van der Waals surface area contributed by atoms with E-state index in [0.717, 1.165) is 44.7 Å². The molecule has 3 N–H and O–H groups in total. The lowest BCUT2D eigenvalue weighted by Gasteiger charge is -2.22. The van der Waals surface area contributed by atoms with Crippen LogP contribution in [-0.4, -0.2) is 64.8 Å². The molecule has 0 bridgehead atoms. The van der Waals surface area contributed by atoms with E-state index >= 15 is 0 Å². The van der Waals surface area contributed by atoms with Gasteiger partial charge in [0.15, 0.2) is 5.96 Å². The number of sulfonamides is 1. The standard InChI is InChI=1S/C19H32N4O3S2/c1-2-20-19(21-11-14-27-18-9-4-3-5-10-18)22-12-15-28(24,25)23-16-17-8-6-7-13-26-17/h3-5,9-10,17,23H,2,6-8,11-16H2,1H3,(H2,20,21,22). The Hall–Kier alpha value is -1.29. The molecular weight excluding hydrogens is 396 g/mol. The molecule has 1 unspecified atom stereocenters. The van der Waals surface area contributed by atoms with Gasteiger partial charge in [0, 0.05) is 36.9 Å². The van der Waals surface area contributed by atoms with Gasteiger partial charge in [-0.3, -0.25) is 4.99 Å². The van der Waals surface area contributed by atoms with Crippen LogP contribution in [0, 0.1) is 0 Å². The fraction of sp³-hybridized carbons (Fsp3) is 0.632. The zero-order valence-corrected chi connectivity index (χ0v) is 18.2. The van der Waals surface area contributed by atoms with Crippen molar-refractivity contribution in [2.75, 3.05) is 44.3 Å². The Kier molecular flexibility index (Phi) is 10.7. The van der Waals surface area contributed by atoms with Gasteiger partial charge in [-0.15, -0.1) is 11.8 Å². The summed E-state index contributed by atoms with van der Waals surface area (Å²) in [6, 6.07) is 10.2. The van der Waals surface area contributed by atoms with Gasteiger partial charge >= 0.3 is 0 Å². The van der Waals surface area contributed by atoms with Gasteiger partial charge in [-0.1, -0.05) is 18.2 Å². The second-order valence-corrected chi connectivity index (χ2v) is 9.60. The third kappa shape index (κ3) is 9.77. The largest absolute Gasteiger partial charge is 0.377 e. The van der Waals surface area contributed by atoms with Gasteiger partial charge in [-0.2, -0.15) is 0 Å². The SMILES string of the molecule is CCNC(=NCCS(=O)(=O)NCC1CCCCO1)NCCSc1ccccc1. The first kappa shape index (κ1) is 23.0. The molecule has 1 atom stereocenters. The highest BCUT2D eigenvalue weighted by Gasteiger charge is 2.17. The summed E-state index contributed by atoms with van der Waals surface area (Å²) < 4.78 is 32.5. The summed E-state index contributed by atoms with van der Waals surface area (Å²) in [5.74, 6) is 1.51. The third-order valence-electron chi connectivity index (χ3n) is 4.19. The van der Waals surface area contributed by atoms with Crippen LogP contribution in [0.15, 0.2) is 40.2 Å². The number of ether oxygens (including phenoxy) is 1. The Bertz CT molecular complexity index is 678. The van der Waals surface area contributed by atoms with E-state index in [2.05, 4.69) is 32.5 Å². The van der Waals surface area contributed by atoms with Gasteiger partial charge in [-0.25, -0.2) is 13.1 Å². The van der Waals surface area contributed by atoms with Crippen molar-refractivity contribution in [3.8, 4) is 0 Å². The van der Waals surface area contributed by atoms with E-state index in [1.54, 1.807) is 11.8 Å². The summed E-state index contributed by atoms with van der Waals surface area (Å²) in [5.41, 5.74) is 0. The fourth-order valence-corrected chi connectivity index (χ4v) is 4.44. The van der Waals surface area contributed by atoms with Crippen LogP contribution >= 0.6 is 11.8 Å². The first-order valence-electron chi connectivity index (χ1n) is 9.88. The molecule has 0 amide bonds. The van der Waals surface area contributed by atoms with E-state index in [4.69, 9.17) is 4.74 Å². The molecule has 1 heterocycles. The highest BCUT2D eigenvalue weighted by molar-refractivity contribution is 7.99. The van der Waals surface area contributed by atoms with Crippen molar-refractivity contribution in [2.45, 2.75) is 37.2 Å². The Morgan fingerprint density at radius 3 is 2.79 bits per heavy atom. The van der Waals surface area contributed by atoms with Crippen LogP contribution in [0.1, 0.15) is 26.2 Å². The number of hydrogen-bond acceptors (Lipinski definition) is 5. The first-order chi connectivity index (χ1) is 13.6. The molecule has 1 aliphatic heterocycles. The minimum atomic E-state index is -3.35. The Morgan fingerprint density at radius 1 is 1.25 bits per heavy atom. The predicted molar refractivity (Wildman–Crippen MR) is 117 cm³/mol. The number of guanidine groups is 1. The lowest BCUT2D eigenvalue weighted by atomic mass is 10.1. The van der Waals surface area contributed by atoms with Crippen LogP contribution in [-0.2, 0) is 14.8 Å². The summed E-state index contributed by atoms with van der Waals surface area (Å²) in [6.07, 6.45) is 3.06. The van der Waals surface area contributed by atoms with Gasteiger partial charge in [-0.05, 0) is 38.3 Å². The minimum Gasteiger partial charge on any atom is -0.377 e. The maximum atomic E-state index is 12.1. The predicted octanol–water partition coefficient (Wildman–Crippen LogP) is 1.82. The maximum absolute atomic E-state index is 12.1. The maximum Gasteiger partial charge on any atom is 0.213 e. The average molecular weight is 429 g/mol. The number of nitrogens with one attached hydrogen (secondary N) is 3. The normalized spacial score (nSPS) is 18.0. The number of thioether (sulfide) groups is 1. The van der Waals surface area contributed by atoms with Gasteiger partial charge in [0.1, 0.15) is 0 Å². The smallest absolute Gasteiger partial charge is 0.213 e. The topological polar surface area (TPSA) is 91.8 Å². The minimum absolute atomic E-state index is 0.00636. The quantitative estimate of drug-likeness (QED) is 0.216. The molecule has 0 aliphatic carbocycles. The number of nitrogens with zero attached hydrogens (tertiary/aromatic N) is 1. The van der Waals surface area contributed by atoms with Crippen molar-refractivity contribution in [3.05, 3.63) is 30.3 Å².